The number of aromatic amines is 1. The number of H-pyrrole nitrogens is 1. The zero-order chi connectivity index (χ0) is 12.7. The lowest BCUT2D eigenvalue weighted by Gasteiger charge is -2.19. The monoisotopic (exact) mass is 281 g/mol. The molecule has 94 valence electrons. The molecule has 0 aliphatic heterocycles. The summed E-state index contributed by atoms with van der Waals surface area (Å²) in [5.41, 5.74) is 10.3. The van der Waals surface area contributed by atoms with Gasteiger partial charge in [0.05, 0.1) is 15.7 Å². The SMILES string of the molecule is N[C@@H]1CCCc2[nH]nc(-c3ccc(Cl)c(Cl)c3)c21. The third-order valence-corrected chi connectivity index (χ3v) is 4.13. The van der Waals surface area contributed by atoms with Crippen LogP contribution in [0.4, 0.5) is 0 Å². The summed E-state index contributed by atoms with van der Waals surface area (Å²) in [6.45, 7) is 0. The first-order chi connectivity index (χ1) is 8.66. The van der Waals surface area contributed by atoms with Crippen LogP contribution in [0.3, 0.4) is 0 Å². The maximum atomic E-state index is 6.18. The van der Waals surface area contributed by atoms with E-state index < -0.39 is 0 Å². The highest BCUT2D eigenvalue weighted by atomic mass is 35.5. The van der Waals surface area contributed by atoms with Crippen molar-refractivity contribution in [1.82, 2.24) is 10.2 Å². The summed E-state index contributed by atoms with van der Waals surface area (Å²) < 4.78 is 0. The number of nitrogens with zero attached hydrogens (tertiary/aromatic N) is 1. The second-order valence-corrected chi connectivity index (χ2v) is 5.41. The minimum absolute atomic E-state index is 0.0527. The summed E-state index contributed by atoms with van der Waals surface area (Å²) in [6, 6.07) is 5.60. The van der Waals surface area contributed by atoms with Gasteiger partial charge in [0.1, 0.15) is 0 Å². The van der Waals surface area contributed by atoms with E-state index in [1.807, 2.05) is 12.1 Å². The molecule has 1 aliphatic rings. The summed E-state index contributed by atoms with van der Waals surface area (Å²) in [4.78, 5) is 0. The number of nitrogens with two attached hydrogens (primary N) is 1. The lowest BCUT2D eigenvalue weighted by molar-refractivity contribution is 0.567. The Labute approximate surface area is 115 Å². The number of rotatable bonds is 1. The maximum Gasteiger partial charge on any atom is 0.0971 e. The van der Waals surface area contributed by atoms with Gasteiger partial charge >= 0.3 is 0 Å². The van der Waals surface area contributed by atoms with Crippen molar-refractivity contribution in [2.24, 2.45) is 5.73 Å². The van der Waals surface area contributed by atoms with Crippen molar-refractivity contribution in [3.8, 4) is 11.3 Å². The molecule has 0 spiro atoms. The summed E-state index contributed by atoms with van der Waals surface area (Å²) in [7, 11) is 0. The second kappa shape index (κ2) is 4.57. The van der Waals surface area contributed by atoms with Gasteiger partial charge < -0.3 is 5.73 Å². The molecule has 0 fully saturated rings. The molecule has 0 amide bonds. The first-order valence-corrected chi connectivity index (χ1v) is 6.70. The van der Waals surface area contributed by atoms with E-state index in [0.717, 1.165) is 41.8 Å². The number of benzene rings is 1. The molecular formula is C13H13Cl2N3. The topological polar surface area (TPSA) is 54.7 Å². The minimum Gasteiger partial charge on any atom is -0.324 e. The smallest absolute Gasteiger partial charge is 0.0971 e. The van der Waals surface area contributed by atoms with E-state index in [1.165, 1.54) is 0 Å². The van der Waals surface area contributed by atoms with Gasteiger partial charge in [-0.15, -0.1) is 0 Å². The Bertz CT molecular complexity index is 592. The summed E-state index contributed by atoms with van der Waals surface area (Å²) >= 11 is 12.0. The van der Waals surface area contributed by atoms with Crippen molar-refractivity contribution >= 4 is 23.2 Å². The number of hydrogen-bond acceptors (Lipinski definition) is 2. The van der Waals surface area contributed by atoms with E-state index in [2.05, 4.69) is 10.2 Å². The fourth-order valence-electron chi connectivity index (χ4n) is 2.48. The first kappa shape index (κ1) is 12.0. The number of nitrogens with one attached hydrogen (secondary N) is 1. The number of halogens is 2. The van der Waals surface area contributed by atoms with Crippen molar-refractivity contribution in [2.45, 2.75) is 25.3 Å². The molecule has 3 rings (SSSR count). The van der Waals surface area contributed by atoms with Gasteiger partial charge in [-0.25, -0.2) is 0 Å². The van der Waals surface area contributed by atoms with Gasteiger partial charge in [0.15, 0.2) is 0 Å². The molecule has 1 heterocycles. The summed E-state index contributed by atoms with van der Waals surface area (Å²) in [5.74, 6) is 0. The van der Waals surface area contributed by atoms with E-state index in [9.17, 15) is 0 Å². The molecule has 2 aromatic rings. The zero-order valence-electron chi connectivity index (χ0n) is 9.71. The molecule has 0 unspecified atom stereocenters. The Hall–Kier alpha value is -1.03. The molecule has 1 aromatic carbocycles. The molecule has 0 radical (unpaired) electrons. The standard InChI is InChI=1S/C13H13Cl2N3/c14-8-5-4-7(6-9(8)15)13-12-10(16)2-1-3-11(12)17-18-13/h4-6,10H,1-3,16H2,(H,17,18)/t10-/m1/s1. The first-order valence-electron chi connectivity index (χ1n) is 5.95. The van der Waals surface area contributed by atoms with Gasteiger partial charge in [0.2, 0.25) is 0 Å². The van der Waals surface area contributed by atoms with Gasteiger partial charge in [-0.05, 0) is 31.4 Å². The van der Waals surface area contributed by atoms with Crippen molar-refractivity contribution in [2.75, 3.05) is 0 Å². The highest BCUT2D eigenvalue weighted by Gasteiger charge is 2.24. The average molecular weight is 282 g/mol. The fraction of sp³-hybridized carbons (Fsp3) is 0.308. The van der Waals surface area contributed by atoms with Crippen LogP contribution in [-0.4, -0.2) is 10.2 Å². The fourth-order valence-corrected chi connectivity index (χ4v) is 2.78. The molecule has 0 saturated heterocycles. The van der Waals surface area contributed by atoms with E-state index in [1.54, 1.807) is 6.07 Å². The highest BCUT2D eigenvalue weighted by molar-refractivity contribution is 6.42. The van der Waals surface area contributed by atoms with Gasteiger partial charge in [0.25, 0.3) is 0 Å². The zero-order valence-corrected chi connectivity index (χ0v) is 11.2. The number of hydrogen-bond donors (Lipinski definition) is 2. The maximum absolute atomic E-state index is 6.18. The summed E-state index contributed by atoms with van der Waals surface area (Å²) in [5, 5.41) is 8.55. The predicted molar refractivity (Wildman–Crippen MR) is 73.9 cm³/mol. The van der Waals surface area contributed by atoms with Gasteiger partial charge in [-0.2, -0.15) is 5.10 Å². The second-order valence-electron chi connectivity index (χ2n) is 4.59. The number of aryl methyl sites for hydroxylation is 1. The normalized spacial score (nSPS) is 18.7. The minimum atomic E-state index is 0.0527. The lowest BCUT2D eigenvalue weighted by Crippen LogP contribution is -2.17. The molecule has 5 heteroatoms. The van der Waals surface area contributed by atoms with Crippen LogP contribution in [-0.2, 0) is 6.42 Å². The highest BCUT2D eigenvalue weighted by Crippen LogP contribution is 2.36. The van der Waals surface area contributed by atoms with Gasteiger partial charge in [0, 0.05) is 22.9 Å². The van der Waals surface area contributed by atoms with Crippen LogP contribution in [0.25, 0.3) is 11.3 Å². The number of aromatic nitrogens is 2. The Morgan fingerprint density at radius 2 is 2.11 bits per heavy atom. The molecule has 0 saturated carbocycles. The third kappa shape index (κ3) is 1.92. The molecule has 0 bridgehead atoms. The Morgan fingerprint density at radius 1 is 1.28 bits per heavy atom. The molecule has 3 N–H and O–H groups in total. The lowest BCUT2D eigenvalue weighted by atomic mass is 9.90. The average Bonchev–Trinajstić information content (AvgIpc) is 2.78. The van der Waals surface area contributed by atoms with Crippen molar-refractivity contribution in [3.63, 3.8) is 0 Å². The molecule has 18 heavy (non-hydrogen) atoms. The largest absolute Gasteiger partial charge is 0.324 e. The Kier molecular flexibility index (Phi) is 3.06. The molecule has 1 aliphatic carbocycles. The van der Waals surface area contributed by atoms with Crippen molar-refractivity contribution in [1.29, 1.82) is 0 Å². The van der Waals surface area contributed by atoms with E-state index in [-0.39, 0.29) is 6.04 Å². The van der Waals surface area contributed by atoms with Crippen LogP contribution in [0.2, 0.25) is 10.0 Å². The Balaban J connectivity index is 2.12. The van der Waals surface area contributed by atoms with Gasteiger partial charge in [-0.3, -0.25) is 5.10 Å². The van der Waals surface area contributed by atoms with Gasteiger partial charge in [-0.1, -0.05) is 29.3 Å². The Morgan fingerprint density at radius 3 is 2.89 bits per heavy atom. The molecule has 3 nitrogen and oxygen atoms in total. The van der Waals surface area contributed by atoms with Crippen LogP contribution < -0.4 is 5.73 Å². The quantitative estimate of drug-likeness (QED) is 0.837. The molecular weight excluding hydrogens is 269 g/mol. The van der Waals surface area contributed by atoms with Crippen LogP contribution in [0.5, 0.6) is 0 Å². The van der Waals surface area contributed by atoms with Crippen molar-refractivity contribution in [3.05, 3.63) is 39.5 Å². The van der Waals surface area contributed by atoms with Crippen LogP contribution in [0.1, 0.15) is 30.1 Å². The molecule has 1 aromatic heterocycles. The number of fused-ring (bicyclic) bond motifs is 1. The van der Waals surface area contributed by atoms with E-state index in [4.69, 9.17) is 28.9 Å². The molecule has 1 atom stereocenters. The van der Waals surface area contributed by atoms with E-state index in [0.29, 0.717) is 10.0 Å². The van der Waals surface area contributed by atoms with E-state index >= 15 is 0 Å². The van der Waals surface area contributed by atoms with Crippen LogP contribution in [0, 0.1) is 0 Å². The third-order valence-electron chi connectivity index (χ3n) is 3.39. The van der Waals surface area contributed by atoms with Crippen LogP contribution in [0.15, 0.2) is 18.2 Å². The summed E-state index contributed by atoms with van der Waals surface area (Å²) in [6.07, 6.45) is 3.12. The predicted octanol–water partition coefficient (Wildman–Crippen LogP) is 3.72. The van der Waals surface area contributed by atoms with Crippen LogP contribution >= 0.6 is 23.2 Å². The van der Waals surface area contributed by atoms with Crippen molar-refractivity contribution < 1.29 is 0 Å².